The number of anilines is 9. The van der Waals surface area contributed by atoms with Gasteiger partial charge in [0.1, 0.15) is 0 Å². The van der Waals surface area contributed by atoms with Crippen LogP contribution in [0.25, 0.3) is 11.1 Å². The number of hydrogen-bond acceptors (Lipinski definition) is 3. The van der Waals surface area contributed by atoms with E-state index in [0.29, 0.717) is 0 Å². The molecule has 2 heterocycles. The molecule has 3 nitrogen and oxygen atoms in total. The molecule has 0 saturated heterocycles. The van der Waals surface area contributed by atoms with Gasteiger partial charge in [-0.25, -0.2) is 0 Å². The second kappa shape index (κ2) is 17.6. The third-order valence-corrected chi connectivity index (χ3v) is 20.4. The highest BCUT2D eigenvalue weighted by Gasteiger charge is 2.51. The van der Waals surface area contributed by atoms with E-state index in [1.807, 2.05) is 0 Å². The topological polar surface area (TPSA) is 9.72 Å². The average Bonchev–Trinajstić information content (AvgIpc) is 3.30. The van der Waals surface area contributed by atoms with Crippen LogP contribution in [0.4, 0.5) is 51.2 Å². The summed E-state index contributed by atoms with van der Waals surface area (Å²) in [6, 6.07) is 60.2. The largest absolute Gasteiger partial charge is 0.311 e. The molecule has 0 spiro atoms. The molecular formula is C78H88BN3. The Morgan fingerprint density at radius 2 is 0.817 bits per heavy atom. The molecule has 0 amide bonds. The van der Waals surface area contributed by atoms with Gasteiger partial charge in [0.25, 0.3) is 6.71 Å². The third kappa shape index (κ3) is 8.32. The molecule has 0 bridgehead atoms. The molecule has 418 valence electrons. The van der Waals surface area contributed by atoms with Gasteiger partial charge in [0.05, 0.1) is 5.69 Å². The predicted octanol–water partition coefficient (Wildman–Crippen LogP) is 19.7. The van der Waals surface area contributed by atoms with E-state index in [1.54, 1.807) is 0 Å². The van der Waals surface area contributed by atoms with Crippen LogP contribution in [0.3, 0.4) is 0 Å². The fraction of sp³-hybridized carbons (Fsp3) is 0.385. The Labute approximate surface area is 493 Å². The Morgan fingerprint density at radius 3 is 1.34 bits per heavy atom. The lowest BCUT2D eigenvalue weighted by atomic mass is 9.33. The Balaban J connectivity index is 1.19. The van der Waals surface area contributed by atoms with Gasteiger partial charge in [0.2, 0.25) is 0 Å². The van der Waals surface area contributed by atoms with Gasteiger partial charge in [0.15, 0.2) is 0 Å². The van der Waals surface area contributed by atoms with E-state index in [0.717, 1.165) is 36.3 Å². The van der Waals surface area contributed by atoms with E-state index in [1.165, 1.54) is 112 Å². The highest BCUT2D eigenvalue weighted by molar-refractivity contribution is 7.00. The van der Waals surface area contributed by atoms with E-state index < -0.39 is 0 Å². The van der Waals surface area contributed by atoms with Crippen LogP contribution in [0, 0.1) is 6.92 Å². The van der Waals surface area contributed by atoms with Crippen LogP contribution in [-0.2, 0) is 43.3 Å². The number of nitrogens with zero attached hydrogens (tertiary/aromatic N) is 3. The monoisotopic (exact) mass is 1080 g/mol. The summed E-state index contributed by atoms with van der Waals surface area (Å²) in [7, 11) is 0. The Morgan fingerprint density at radius 1 is 0.366 bits per heavy atom. The Bertz CT molecular complexity index is 3910. The van der Waals surface area contributed by atoms with Crippen molar-refractivity contribution < 1.29 is 0 Å². The highest BCUT2D eigenvalue weighted by atomic mass is 15.2. The van der Waals surface area contributed by atoms with E-state index in [2.05, 4.69) is 298 Å². The fourth-order valence-electron chi connectivity index (χ4n) is 17.1. The zero-order chi connectivity index (χ0) is 58.4. The maximum atomic E-state index is 2.81. The first-order valence-electron chi connectivity index (χ1n) is 30.7. The molecule has 8 aromatic carbocycles. The summed E-state index contributed by atoms with van der Waals surface area (Å²) in [4.78, 5) is 7.93. The van der Waals surface area contributed by atoms with Crippen molar-refractivity contribution in [3.8, 4) is 11.1 Å². The van der Waals surface area contributed by atoms with Crippen LogP contribution >= 0.6 is 0 Å². The molecule has 13 rings (SSSR count). The van der Waals surface area contributed by atoms with Crippen molar-refractivity contribution in [3.63, 3.8) is 0 Å². The summed E-state index contributed by atoms with van der Waals surface area (Å²) in [6.45, 7) is 46.3. The van der Waals surface area contributed by atoms with E-state index in [9.17, 15) is 0 Å². The molecule has 0 saturated carbocycles. The van der Waals surface area contributed by atoms with Crippen LogP contribution in [0.2, 0.25) is 0 Å². The predicted molar refractivity (Wildman–Crippen MR) is 355 cm³/mol. The van der Waals surface area contributed by atoms with Crippen molar-refractivity contribution in [1.82, 2.24) is 0 Å². The lowest BCUT2D eigenvalue weighted by Crippen LogP contribution is -2.61. The average molecular weight is 1080 g/mol. The van der Waals surface area contributed by atoms with Crippen LogP contribution in [0.15, 0.2) is 152 Å². The van der Waals surface area contributed by atoms with Gasteiger partial charge in [0, 0.05) is 51.1 Å². The number of fused-ring (bicyclic) bond motifs is 7. The minimum atomic E-state index is -0.172. The zero-order valence-corrected chi connectivity index (χ0v) is 53.0. The minimum absolute atomic E-state index is 0.00168. The summed E-state index contributed by atoms with van der Waals surface area (Å²) in [5.74, 6) is 0. The molecule has 0 unspecified atom stereocenters. The first kappa shape index (κ1) is 54.5. The smallest absolute Gasteiger partial charge is 0.252 e. The molecule has 4 heteroatoms. The van der Waals surface area contributed by atoms with E-state index >= 15 is 0 Å². The Kier molecular flexibility index (Phi) is 11.7. The number of rotatable bonds is 6. The van der Waals surface area contributed by atoms with Gasteiger partial charge in [-0.3, -0.25) is 0 Å². The fourth-order valence-corrected chi connectivity index (χ4v) is 17.1. The summed E-state index contributed by atoms with van der Waals surface area (Å²) in [5, 5.41) is 0. The van der Waals surface area contributed by atoms with Crippen molar-refractivity contribution in [2.24, 2.45) is 0 Å². The van der Waals surface area contributed by atoms with Crippen molar-refractivity contribution in [1.29, 1.82) is 0 Å². The lowest BCUT2D eigenvalue weighted by Gasteiger charge is -2.46. The number of hydrogen-bond donors (Lipinski definition) is 0. The van der Waals surface area contributed by atoms with Gasteiger partial charge < -0.3 is 14.7 Å². The maximum absolute atomic E-state index is 2.81. The van der Waals surface area contributed by atoms with Crippen molar-refractivity contribution in [3.05, 3.63) is 202 Å². The minimum Gasteiger partial charge on any atom is -0.311 e. The molecule has 0 radical (unpaired) electrons. The molecule has 5 aliphatic rings. The van der Waals surface area contributed by atoms with Crippen molar-refractivity contribution in [2.45, 2.75) is 194 Å². The Hall–Kier alpha value is -6.78. The van der Waals surface area contributed by atoms with Crippen LogP contribution in [0.5, 0.6) is 0 Å². The molecule has 82 heavy (non-hydrogen) atoms. The molecule has 0 aromatic heterocycles. The van der Waals surface area contributed by atoms with Crippen LogP contribution in [0.1, 0.15) is 194 Å². The van der Waals surface area contributed by atoms with E-state index in [4.69, 9.17) is 0 Å². The summed E-state index contributed by atoms with van der Waals surface area (Å²) < 4.78 is 0. The highest BCUT2D eigenvalue weighted by Crippen LogP contribution is 2.59. The van der Waals surface area contributed by atoms with E-state index in [-0.39, 0.29) is 50.0 Å². The molecule has 0 atom stereocenters. The summed E-state index contributed by atoms with van der Waals surface area (Å²) in [6.07, 6.45) is 3.32. The molecule has 3 aliphatic carbocycles. The first-order chi connectivity index (χ1) is 38.3. The quantitative estimate of drug-likeness (QED) is 0.154. The molecule has 8 aromatic rings. The van der Waals surface area contributed by atoms with Crippen molar-refractivity contribution in [2.75, 3.05) is 14.7 Å². The van der Waals surface area contributed by atoms with Crippen LogP contribution in [-0.4, -0.2) is 6.71 Å². The molecule has 0 N–H and O–H groups in total. The second-order valence-electron chi connectivity index (χ2n) is 31.7. The number of aryl methyl sites for hydroxylation is 1. The van der Waals surface area contributed by atoms with Gasteiger partial charge in [-0.2, -0.15) is 0 Å². The van der Waals surface area contributed by atoms with Gasteiger partial charge in [-0.15, -0.1) is 0 Å². The normalized spacial score (nSPS) is 18.8. The van der Waals surface area contributed by atoms with Gasteiger partial charge in [-0.05, 0) is 220 Å². The van der Waals surface area contributed by atoms with Crippen LogP contribution < -0.4 is 31.1 Å². The third-order valence-electron chi connectivity index (χ3n) is 20.4. The molecular weight excluding hydrogens is 990 g/mol. The maximum Gasteiger partial charge on any atom is 0.252 e. The summed E-state index contributed by atoms with van der Waals surface area (Å²) >= 11 is 0. The number of para-hydroxylation sites is 2. The van der Waals surface area contributed by atoms with Gasteiger partial charge in [-0.1, -0.05) is 197 Å². The zero-order valence-electron chi connectivity index (χ0n) is 53.0. The molecule has 0 fully saturated rings. The molecule has 2 aliphatic heterocycles. The second-order valence-corrected chi connectivity index (χ2v) is 31.7. The van der Waals surface area contributed by atoms with Gasteiger partial charge >= 0.3 is 0 Å². The number of benzene rings is 8. The lowest BCUT2D eigenvalue weighted by molar-refractivity contribution is 0.402. The summed E-state index contributed by atoms with van der Waals surface area (Å²) in [5.41, 5.74) is 30.4. The first-order valence-corrected chi connectivity index (χ1v) is 30.7. The van der Waals surface area contributed by atoms with Crippen molar-refractivity contribution >= 4 is 74.3 Å². The SMILES string of the molecule is Cc1cc(C(C)(C)C)ccc1N1c2ccc(N(c3ccccc3)c3ccccc3)cc2B2c3cc4c(cc3N(c3cc5c(cc3-c3ccc6c(c3)C(C)(C)CC6(C)C)C(C)(C)CC5(C)C)c3cc(C(C)(C)C)cc1c32)C(C)(C)CC4(C)C. The standard InChI is InChI=1S/C78H88BN3/c1-48-36-50(71(2,3)4)31-34-64(48)81-65-35-32-54(80(52-26-22-20-23-27-52)53-28-24-21-25-29-53)40-62(65)79-63-42-59-61(78(18,19)47-76(59,14)15)44-67(63)82(69-39-51(72(5,6)7)38-68(81)70(69)79)66-43-60-58(75(12,13)46-77(60,16)17)41-55(66)49-30-33-56-57(37-49)74(10,11)45-73(56,8)9/h20-44H,45-47H2,1-19H3.